The topological polar surface area (TPSA) is 132 Å². The van der Waals surface area contributed by atoms with Gasteiger partial charge in [-0.25, -0.2) is 4.79 Å². The van der Waals surface area contributed by atoms with Crippen LogP contribution in [-0.2, 0) is 9.59 Å². The lowest BCUT2D eigenvalue weighted by Gasteiger charge is -2.01. The van der Waals surface area contributed by atoms with Crippen LogP contribution < -0.4 is 0 Å². The first-order valence-corrected chi connectivity index (χ1v) is 4.80. The first-order chi connectivity index (χ1) is 8.16. The van der Waals surface area contributed by atoms with Crippen LogP contribution in [0.15, 0.2) is 12.1 Å². The van der Waals surface area contributed by atoms with Crippen molar-refractivity contribution in [2.75, 3.05) is 0 Å². The van der Waals surface area contributed by atoms with E-state index in [4.69, 9.17) is 20.4 Å². The van der Waals surface area contributed by atoms with Gasteiger partial charge in [-0.2, -0.15) is 0 Å². The molecule has 0 unspecified atom stereocenters. The molecule has 0 aliphatic rings. The Balaban J connectivity index is 0.000000411. The van der Waals surface area contributed by atoms with Gasteiger partial charge in [0.1, 0.15) is 0 Å². The number of carboxylic acid groups (broad SMARTS) is 1. The molecule has 1 aromatic rings. The quantitative estimate of drug-likeness (QED) is 0.364. The second-order valence-corrected chi connectivity index (χ2v) is 3.40. The predicted molar refractivity (Wildman–Crippen MR) is 60.1 cm³/mol. The van der Waals surface area contributed by atoms with Gasteiger partial charge in [0, 0.05) is 0 Å². The van der Waals surface area contributed by atoms with E-state index in [1.807, 2.05) is 0 Å². The number of aromatic hydroxyl groups is 3. The lowest BCUT2D eigenvalue weighted by Crippen LogP contribution is -1.95. The highest BCUT2D eigenvalue weighted by molar-refractivity contribution is 6.97. The molecule has 4 N–H and O–H groups in total. The van der Waals surface area contributed by atoms with Crippen molar-refractivity contribution in [1.82, 2.24) is 0 Å². The number of carboxylic acids is 1. The number of hydrogen-bond donors (Lipinski definition) is 4. The second-order valence-electron chi connectivity index (χ2n) is 2.72. The van der Waals surface area contributed by atoms with Crippen LogP contribution in [0.4, 0.5) is 0 Å². The van der Waals surface area contributed by atoms with Gasteiger partial charge < -0.3 is 20.4 Å². The van der Waals surface area contributed by atoms with Crippen molar-refractivity contribution >= 4 is 39.7 Å². The van der Waals surface area contributed by atoms with Gasteiger partial charge in [0.05, 0.1) is 5.56 Å². The molecule has 1 rings (SSSR count). The predicted octanol–water partition coefficient (Wildman–Crippen LogP) is 1.02. The summed E-state index contributed by atoms with van der Waals surface area (Å²) in [5, 5.41) is 32.7. The van der Waals surface area contributed by atoms with E-state index in [1.165, 1.54) is 0 Å². The molecule has 0 atom stereocenters. The monoisotopic (exact) mass is 296 g/mol. The third kappa shape index (κ3) is 4.89. The van der Waals surface area contributed by atoms with Gasteiger partial charge in [-0.1, -0.05) is 0 Å². The van der Waals surface area contributed by atoms with Crippen LogP contribution >= 0.6 is 23.2 Å². The zero-order valence-corrected chi connectivity index (χ0v) is 9.94. The van der Waals surface area contributed by atoms with E-state index in [9.17, 15) is 14.4 Å². The van der Waals surface area contributed by atoms with Gasteiger partial charge in [-0.15, -0.1) is 0 Å². The molecule has 1 aromatic carbocycles. The summed E-state index contributed by atoms with van der Waals surface area (Å²) in [5.41, 5.74) is -0.289. The van der Waals surface area contributed by atoms with Crippen LogP contribution in [0.25, 0.3) is 0 Å². The van der Waals surface area contributed by atoms with E-state index >= 15 is 0 Å². The fraction of sp³-hybridized carbons (Fsp3) is 0. The Hall–Kier alpha value is -1.99. The Labute approximate surface area is 110 Å². The molecule has 0 fully saturated rings. The number of rotatable bonds is 2. The van der Waals surface area contributed by atoms with Gasteiger partial charge in [-0.3, -0.25) is 9.59 Å². The summed E-state index contributed by atoms with van der Waals surface area (Å²) in [4.78, 5) is 29.2. The third-order valence-electron chi connectivity index (χ3n) is 1.47. The van der Waals surface area contributed by atoms with Crippen LogP contribution in [-0.4, -0.2) is 36.9 Å². The van der Waals surface area contributed by atoms with E-state index in [0.717, 1.165) is 12.1 Å². The Morgan fingerprint density at radius 1 is 0.889 bits per heavy atom. The largest absolute Gasteiger partial charge is 0.504 e. The van der Waals surface area contributed by atoms with E-state index < -0.39 is 33.7 Å². The summed E-state index contributed by atoms with van der Waals surface area (Å²) in [6.07, 6.45) is 0. The number of carbonyl (C=O) groups excluding carboxylic acids is 2. The van der Waals surface area contributed by atoms with Crippen molar-refractivity contribution in [3.05, 3.63) is 17.7 Å². The average Bonchev–Trinajstić information content (AvgIpc) is 2.25. The molecule has 0 aromatic heterocycles. The van der Waals surface area contributed by atoms with E-state index in [0.29, 0.717) is 0 Å². The maximum absolute atomic E-state index is 10.3. The lowest BCUT2D eigenvalue weighted by atomic mass is 10.2. The SMILES string of the molecule is O=C(Cl)C(=O)Cl.O=C(O)c1cc(O)c(O)c(O)c1. The third-order valence-corrected chi connectivity index (χ3v) is 1.91. The van der Waals surface area contributed by atoms with Crippen LogP contribution in [0.3, 0.4) is 0 Å². The van der Waals surface area contributed by atoms with Crippen LogP contribution in [0.1, 0.15) is 10.4 Å². The first kappa shape index (κ1) is 16.0. The van der Waals surface area contributed by atoms with E-state index in [1.54, 1.807) is 0 Å². The number of hydrogen-bond acceptors (Lipinski definition) is 6. The molecule has 0 aliphatic carbocycles. The standard InChI is InChI=1S/C7H6O5.C2Cl2O2/c8-4-1-3(7(11)12)2-5(9)6(4)10;3-1(5)2(4)6/h1-2,8-10H,(H,11,12);. The summed E-state index contributed by atoms with van der Waals surface area (Å²) in [6.45, 7) is 0. The van der Waals surface area contributed by atoms with Crippen molar-refractivity contribution in [2.45, 2.75) is 0 Å². The first-order valence-electron chi connectivity index (χ1n) is 4.04. The second kappa shape index (κ2) is 6.67. The zero-order valence-electron chi connectivity index (χ0n) is 8.42. The molecule has 0 radical (unpaired) electrons. The number of halogens is 2. The molecule has 0 saturated heterocycles. The Morgan fingerprint density at radius 2 is 1.22 bits per heavy atom. The van der Waals surface area contributed by atoms with Gasteiger partial charge in [-0.05, 0) is 35.3 Å². The molecular formula is C9H6Cl2O7. The summed E-state index contributed by atoms with van der Waals surface area (Å²) in [7, 11) is 0. The molecule has 0 saturated carbocycles. The number of carbonyl (C=O) groups is 3. The summed E-state index contributed by atoms with van der Waals surface area (Å²) >= 11 is 8.98. The Bertz CT molecular complexity index is 463. The molecule has 0 heterocycles. The van der Waals surface area contributed by atoms with Crippen molar-refractivity contribution in [1.29, 1.82) is 0 Å². The van der Waals surface area contributed by atoms with Gasteiger partial charge in [0.2, 0.25) is 0 Å². The molecular weight excluding hydrogens is 291 g/mol. The number of benzene rings is 1. The van der Waals surface area contributed by atoms with Gasteiger partial charge >= 0.3 is 16.5 Å². The summed E-state index contributed by atoms with van der Waals surface area (Å²) in [5.74, 6) is -3.33. The molecule has 7 nitrogen and oxygen atoms in total. The molecule has 18 heavy (non-hydrogen) atoms. The molecule has 0 spiro atoms. The minimum absolute atomic E-state index is 0.289. The maximum atomic E-state index is 10.3. The molecule has 0 aliphatic heterocycles. The average molecular weight is 297 g/mol. The molecule has 0 bridgehead atoms. The Kier molecular flexibility index (Phi) is 5.94. The highest BCUT2D eigenvalue weighted by atomic mass is 35.5. The van der Waals surface area contributed by atoms with Crippen molar-refractivity contribution in [3.63, 3.8) is 0 Å². The number of phenols is 3. The maximum Gasteiger partial charge on any atom is 0.335 e. The zero-order chi connectivity index (χ0) is 14.5. The van der Waals surface area contributed by atoms with E-state index in [-0.39, 0.29) is 5.56 Å². The fourth-order valence-corrected chi connectivity index (χ4v) is 0.728. The minimum atomic E-state index is -1.29. The summed E-state index contributed by atoms with van der Waals surface area (Å²) < 4.78 is 0. The summed E-state index contributed by atoms with van der Waals surface area (Å²) in [6, 6.07) is 1.69. The highest BCUT2D eigenvalue weighted by Gasteiger charge is 2.11. The lowest BCUT2D eigenvalue weighted by molar-refractivity contribution is -0.127. The van der Waals surface area contributed by atoms with Crippen molar-refractivity contribution < 1.29 is 34.8 Å². The number of aromatic carboxylic acids is 1. The van der Waals surface area contributed by atoms with Gasteiger partial charge in [0.25, 0.3) is 0 Å². The number of phenolic OH excluding ortho intramolecular Hbond substituents is 3. The molecule has 0 amide bonds. The van der Waals surface area contributed by atoms with Crippen molar-refractivity contribution in [3.8, 4) is 17.2 Å². The highest BCUT2D eigenvalue weighted by Crippen LogP contribution is 2.35. The minimum Gasteiger partial charge on any atom is -0.504 e. The molecule has 9 heteroatoms. The van der Waals surface area contributed by atoms with Crippen LogP contribution in [0, 0.1) is 0 Å². The molecule has 98 valence electrons. The smallest absolute Gasteiger partial charge is 0.335 e. The van der Waals surface area contributed by atoms with Crippen LogP contribution in [0.2, 0.25) is 0 Å². The van der Waals surface area contributed by atoms with E-state index in [2.05, 4.69) is 23.2 Å². The Morgan fingerprint density at radius 3 is 1.44 bits per heavy atom. The van der Waals surface area contributed by atoms with Crippen molar-refractivity contribution in [2.24, 2.45) is 0 Å². The van der Waals surface area contributed by atoms with Gasteiger partial charge in [0.15, 0.2) is 17.2 Å². The fourth-order valence-electron chi connectivity index (χ4n) is 0.728. The normalized spacial score (nSPS) is 9.00. The van der Waals surface area contributed by atoms with Crippen LogP contribution in [0.5, 0.6) is 17.2 Å².